The van der Waals surface area contributed by atoms with Crippen molar-refractivity contribution in [1.82, 2.24) is 19.8 Å². The van der Waals surface area contributed by atoms with E-state index < -0.39 is 11.8 Å². The number of aromatic nitrogens is 2. The minimum Gasteiger partial charge on any atom is -0.478 e. The molecule has 0 bridgehead atoms. The van der Waals surface area contributed by atoms with Crippen LogP contribution >= 0.6 is 12.2 Å². The smallest absolute Gasteiger partial charge is 0.335 e. The van der Waals surface area contributed by atoms with Gasteiger partial charge in [0, 0.05) is 36.2 Å². The number of carboxylic acids is 1. The Hall–Kier alpha value is -4.57. The number of anilines is 1. The Labute approximate surface area is 236 Å². The molecule has 204 valence electrons. The Kier molecular flexibility index (Phi) is 7.61. The first-order valence-electron chi connectivity index (χ1n) is 12.8. The number of pyridine rings is 1. The van der Waals surface area contributed by atoms with Gasteiger partial charge in [-0.1, -0.05) is 18.2 Å². The van der Waals surface area contributed by atoms with Gasteiger partial charge in [0.25, 0.3) is 0 Å². The van der Waals surface area contributed by atoms with Crippen molar-refractivity contribution in [1.29, 1.82) is 0 Å². The number of hydrogen-bond acceptors (Lipinski definition) is 4. The average Bonchev–Trinajstić information content (AvgIpc) is 3.43. The number of nitrogens with zero attached hydrogens (tertiary/aromatic N) is 3. The molecule has 1 aliphatic heterocycles. The van der Waals surface area contributed by atoms with Crippen molar-refractivity contribution in [3.05, 3.63) is 113 Å². The molecule has 3 N–H and O–H groups in total. The van der Waals surface area contributed by atoms with E-state index in [9.17, 15) is 19.1 Å². The van der Waals surface area contributed by atoms with Gasteiger partial charge >= 0.3 is 5.97 Å². The number of thiocarbonyl (C=S) groups is 1. The van der Waals surface area contributed by atoms with Crippen LogP contribution in [0.3, 0.4) is 0 Å². The number of benzene rings is 2. The van der Waals surface area contributed by atoms with Crippen molar-refractivity contribution in [3.63, 3.8) is 0 Å². The molecule has 4 aromatic rings. The summed E-state index contributed by atoms with van der Waals surface area (Å²) in [5.74, 6) is -1.80. The molecule has 8 nitrogen and oxygen atoms in total. The molecule has 40 heavy (non-hydrogen) atoms. The minimum atomic E-state index is -0.980. The highest BCUT2D eigenvalue weighted by Crippen LogP contribution is 2.41. The van der Waals surface area contributed by atoms with E-state index in [0.717, 1.165) is 28.3 Å². The van der Waals surface area contributed by atoms with Crippen LogP contribution in [0.15, 0.2) is 79.0 Å². The van der Waals surface area contributed by atoms with E-state index >= 15 is 0 Å². The standard InChI is InChI=1S/C30H28FN5O3S/c1-18-17-22(19(2)36(18)21-12-10-20(11-13-21)29(38)39)28-27(25-9-5-6-15-32-25)34-30(40)35(28)16-14-26(37)33-24-8-4-3-7-23(24)31/h3-13,15,17,27-28H,14,16H2,1-2H3,(H,33,37)(H,34,40)(H,38,39). The molecular weight excluding hydrogens is 529 g/mol. The molecule has 2 aromatic carbocycles. The zero-order valence-electron chi connectivity index (χ0n) is 22.0. The quantitative estimate of drug-likeness (QED) is 0.252. The summed E-state index contributed by atoms with van der Waals surface area (Å²) in [7, 11) is 0. The van der Waals surface area contributed by atoms with Crippen molar-refractivity contribution in [2.24, 2.45) is 0 Å². The van der Waals surface area contributed by atoms with Crippen LogP contribution in [0.5, 0.6) is 0 Å². The minimum absolute atomic E-state index is 0.0942. The van der Waals surface area contributed by atoms with Crippen LogP contribution in [0.2, 0.25) is 0 Å². The van der Waals surface area contributed by atoms with E-state index in [4.69, 9.17) is 12.2 Å². The van der Waals surface area contributed by atoms with Gasteiger partial charge < -0.3 is 25.2 Å². The van der Waals surface area contributed by atoms with Crippen LogP contribution in [0.25, 0.3) is 5.69 Å². The maximum absolute atomic E-state index is 14.1. The second-order valence-electron chi connectivity index (χ2n) is 9.61. The number of aryl methyl sites for hydroxylation is 1. The molecule has 2 atom stereocenters. The fourth-order valence-electron chi connectivity index (χ4n) is 5.22. The summed E-state index contributed by atoms with van der Waals surface area (Å²) >= 11 is 5.75. The van der Waals surface area contributed by atoms with Crippen LogP contribution in [-0.2, 0) is 4.79 Å². The van der Waals surface area contributed by atoms with Gasteiger partial charge in [-0.25, -0.2) is 9.18 Å². The number of amides is 1. The van der Waals surface area contributed by atoms with Gasteiger partial charge in [0.15, 0.2) is 5.11 Å². The predicted octanol–water partition coefficient (Wildman–Crippen LogP) is 5.33. The topological polar surface area (TPSA) is 99.5 Å². The molecule has 10 heteroatoms. The third kappa shape index (κ3) is 5.30. The molecule has 2 aromatic heterocycles. The Morgan fingerprint density at radius 3 is 2.48 bits per heavy atom. The van der Waals surface area contributed by atoms with Gasteiger partial charge in [0.05, 0.1) is 29.0 Å². The lowest BCUT2D eigenvalue weighted by Gasteiger charge is -2.28. The van der Waals surface area contributed by atoms with E-state index in [1.165, 1.54) is 12.1 Å². The lowest BCUT2D eigenvalue weighted by atomic mass is 9.96. The van der Waals surface area contributed by atoms with Gasteiger partial charge in [-0.05, 0) is 86.2 Å². The fourth-order valence-corrected chi connectivity index (χ4v) is 5.55. The number of aromatic carboxylic acids is 1. The van der Waals surface area contributed by atoms with E-state index in [2.05, 4.69) is 26.3 Å². The summed E-state index contributed by atoms with van der Waals surface area (Å²) in [6.45, 7) is 4.30. The molecule has 0 aliphatic carbocycles. The number of carbonyl (C=O) groups is 2. The van der Waals surface area contributed by atoms with Gasteiger partial charge in [-0.3, -0.25) is 9.78 Å². The Bertz CT molecular complexity index is 1570. The number of hydrogen-bond donors (Lipinski definition) is 3. The fraction of sp³-hybridized carbons (Fsp3) is 0.200. The normalized spacial score (nSPS) is 16.6. The predicted molar refractivity (Wildman–Crippen MR) is 154 cm³/mol. The van der Waals surface area contributed by atoms with Crippen LogP contribution in [-0.4, -0.2) is 43.1 Å². The maximum atomic E-state index is 14.1. The third-order valence-corrected chi connectivity index (χ3v) is 7.44. The first kappa shape index (κ1) is 27.0. The number of para-hydroxylation sites is 1. The molecule has 5 rings (SSSR count). The van der Waals surface area contributed by atoms with Crippen molar-refractivity contribution in [2.45, 2.75) is 32.4 Å². The highest BCUT2D eigenvalue weighted by Gasteiger charge is 2.41. The largest absolute Gasteiger partial charge is 0.478 e. The second kappa shape index (κ2) is 11.3. The van der Waals surface area contributed by atoms with Crippen molar-refractivity contribution in [2.75, 3.05) is 11.9 Å². The lowest BCUT2D eigenvalue weighted by Crippen LogP contribution is -2.33. The molecule has 1 aliphatic rings. The average molecular weight is 558 g/mol. The van der Waals surface area contributed by atoms with Crippen LogP contribution in [0.1, 0.15) is 51.5 Å². The molecule has 1 amide bonds. The number of nitrogens with one attached hydrogen (secondary N) is 2. The second-order valence-corrected chi connectivity index (χ2v) is 10.00. The van der Waals surface area contributed by atoms with Crippen LogP contribution < -0.4 is 10.6 Å². The SMILES string of the molecule is Cc1cc(C2C(c3ccccn3)NC(=S)N2CCC(=O)Nc2ccccc2F)c(C)n1-c1ccc(C(=O)O)cc1. The van der Waals surface area contributed by atoms with E-state index in [1.54, 1.807) is 42.6 Å². The summed E-state index contributed by atoms with van der Waals surface area (Å²) in [6, 6.07) is 20.0. The van der Waals surface area contributed by atoms with E-state index in [0.29, 0.717) is 11.7 Å². The third-order valence-electron chi connectivity index (χ3n) is 7.09. The Balaban J connectivity index is 1.47. The monoisotopic (exact) mass is 557 g/mol. The summed E-state index contributed by atoms with van der Waals surface area (Å²) < 4.78 is 16.1. The first-order valence-corrected chi connectivity index (χ1v) is 13.2. The number of rotatable bonds is 8. The van der Waals surface area contributed by atoms with Gasteiger partial charge in [-0.15, -0.1) is 0 Å². The number of carbonyl (C=O) groups excluding carboxylic acids is 1. The number of carboxylic acid groups (broad SMARTS) is 1. The molecule has 1 saturated heterocycles. The molecule has 2 unspecified atom stereocenters. The van der Waals surface area contributed by atoms with Gasteiger partial charge in [0.2, 0.25) is 5.91 Å². The van der Waals surface area contributed by atoms with E-state index in [1.807, 2.05) is 36.9 Å². The summed E-state index contributed by atoms with van der Waals surface area (Å²) in [5, 5.41) is 15.8. The van der Waals surface area contributed by atoms with Crippen molar-refractivity contribution < 1.29 is 19.1 Å². The molecule has 0 spiro atoms. The first-order chi connectivity index (χ1) is 19.2. The van der Waals surface area contributed by atoms with E-state index in [-0.39, 0.29) is 35.7 Å². The summed E-state index contributed by atoms with van der Waals surface area (Å²) in [5.41, 5.74) is 4.91. The van der Waals surface area contributed by atoms with Crippen LogP contribution in [0, 0.1) is 19.7 Å². The van der Waals surface area contributed by atoms with Crippen molar-refractivity contribution >= 4 is 34.9 Å². The highest BCUT2D eigenvalue weighted by atomic mass is 32.1. The highest BCUT2D eigenvalue weighted by molar-refractivity contribution is 7.80. The molecule has 1 fully saturated rings. The zero-order chi connectivity index (χ0) is 28.4. The van der Waals surface area contributed by atoms with Crippen molar-refractivity contribution in [3.8, 4) is 5.69 Å². The zero-order valence-corrected chi connectivity index (χ0v) is 22.8. The molecular formula is C30H28FN5O3S. The van der Waals surface area contributed by atoms with Crippen LogP contribution in [0.4, 0.5) is 10.1 Å². The van der Waals surface area contributed by atoms with Gasteiger partial charge in [-0.2, -0.15) is 0 Å². The summed E-state index contributed by atoms with van der Waals surface area (Å²) in [6.07, 6.45) is 1.83. The molecule has 0 saturated carbocycles. The lowest BCUT2D eigenvalue weighted by molar-refractivity contribution is -0.116. The number of halogens is 1. The molecule has 3 heterocycles. The van der Waals surface area contributed by atoms with Gasteiger partial charge in [0.1, 0.15) is 5.82 Å². The Morgan fingerprint density at radius 2 is 1.80 bits per heavy atom. The molecule has 0 radical (unpaired) electrons. The summed E-state index contributed by atoms with van der Waals surface area (Å²) in [4.78, 5) is 30.7. The Morgan fingerprint density at radius 1 is 1.07 bits per heavy atom. The maximum Gasteiger partial charge on any atom is 0.335 e.